The summed E-state index contributed by atoms with van der Waals surface area (Å²) in [7, 11) is 0. The number of rotatable bonds is 5. The van der Waals surface area contributed by atoms with Gasteiger partial charge in [0.2, 0.25) is 5.91 Å². The van der Waals surface area contributed by atoms with E-state index in [-0.39, 0.29) is 17.7 Å². The molecule has 166 valence electrons. The van der Waals surface area contributed by atoms with Crippen LogP contribution in [0.1, 0.15) is 28.8 Å². The number of para-hydroxylation sites is 1. The highest BCUT2D eigenvalue weighted by atomic mass is 16.5. The standard InChI is InChI=1S/C26H23N3O4/c30-24-9-4-14-29(24)21-12-10-19(11-13-21)27-25(31)18-6-3-7-20(15-18)28-26(32)23-16-17-5-1-2-8-22(17)33-23/h1-3,5-8,10-13,15,23H,4,9,14,16H2,(H,27,31)(H,28,32). The maximum atomic E-state index is 12.7. The first kappa shape index (κ1) is 20.8. The Kier molecular flexibility index (Phi) is 5.52. The Labute approximate surface area is 191 Å². The van der Waals surface area contributed by atoms with Crippen molar-refractivity contribution in [3.63, 3.8) is 0 Å². The second-order valence-electron chi connectivity index (χ2n) is 8.14. The van der Waals surface area contributed by atoms with Gasteiger partial charge in [-0.3, -0.25) is 14.4 Å². The van der Waals surface area contributed by atoms with Crippen molar-refractivity contribution in [2.45, 2.75) is 25.4 Å². The van der Waals surface area contributed by atoms with Crippen LogP contribution in [-0.4, -0.2) is 30.4 Å². The van der Waals surface area contributed by atoms with E-state index in [4.69, 9.17) is 4.74 Å². The molecule has 0 spiro atoms. The van der Waals surface area contributed by atoms with E-state index in [9.17, 15) is 14.4 Å². The zero-order valence-electron chi connectivity index (χ0n) is 17.9. The van der Waals surface area contributed by atoms with Gasteiger partial charge in [0.15, 0.2) is 6.10 Å². The second-order valence-corrected chi connectivity index (χ2v) is 8.14. The van der Waals surface area contributed by atoms with E-state index in [0.717, 1.165) is 30.0 Å². The topological polar surface area (TPSA) is 87.7 Å². The lowest BCUT2D eigenvalue weighted by Crippen LogP contribution is -2.31. The fraction of sp³-hybridized carbons (Fsp3) is 0.192. The summed E-state index contributed by atoms with van der Waals surface area (Å²) in [5, 5.41) is 5.69. The maximum absolute atomic E-state index is 12.7. The Bertz CT molecular complexity index is 1200. The van der Waals surface area contributed by atoms with E-state index in [0.29, 0.717) is 29.8 Å². The van der Waals surface area contributed by atoms with Gasteiger partial charge in [-0.1, -0.05) is 24.3 Å². The van der Waals surface area contributed by atoms with Crippen molar-refractivity contribution in [1.29, 1.82) is 0 Å². The SMILES string of the molecule is O=C(Nc1ccc(N2CCCC2=O)cc1)c1cccc(NC(=O)C2Cc3ccccc3O2)c1. The predicted molar refractivity (Wildman–Crippen MR) is 126 cm³/mol. The zero-order chi connectivity index (χ0) is 22.8. The first-order valence-electron chi connectivity index (χ1n) is 10.9. The van der Waals surface area contributed by atoms with Crippen molar-refractivity contribution in [2.24, 2.45) is 0 Å². The Morgan fingerprint density at radius 1 is 0.909 bits per heavy atom. The number of fused-ring (bicyclic) bond motifs is 1. The minimum absolute atomic E-state index is 0.123. The van der Waals surface area contributed by atoms with Crippen molar-refractivity contribution >= 4 is 34.8 Å². The van der Waals surface area contributed by atoms with Crippen LogP contribution >= 0.6 is 0 Å². The monoisotopic (exact) mass is 441 g/mol. The van der Waals surface area contributed by atoms with E-state index in [1.165, 1.54) is 0 Å². The van der Waals surface area contributed by atoms with Crippen LogP contribution in [-0.2, 0) is 16.0 Å². The molecule has 33 heavy (non-hydrogen) atoms. The highest BCUT2D eigenvalue weighted by Crippen LogP contribution is 2.29. The summed E-state index contributed by atoms with van der Waals surface area (Å²) < 4.78 is 5.73. The quantitative estimate of drug-likeness (QED) is 0.626. The van der Waals surface area contributed by atoms with Gasteiger partial charge >= 0.3 is 0 Å². The van der Waals surface area contributed by atoms with Gasteiger partial charge in [0, 0.05) is 42.0 Å². The summed E-state index contributed by atoms with van der Waals surface area (Å²) in [5.74, 6) is 0.305. The van der Waals surface area contributed by atoms with Crippen LogP contribution in [0.2, 0.25) is 0 Å². The fourth-order valence-corrected chi connectivity index (χ4v) is 4.14. The predicted octanol–water partition coefficient (Wildman–Crippen LogP) is 4.01. The van der Waals surface area contributed by atoms with Gasteiger partial charge in [0.1, 0.15) is 5.75 Å². The van der Waals surface area contributed by atoms with Gasteiger partial charge in [0.05, 0.1) is 0 Å². The first-order valence-corrected chi connectivity index (χ1v) is 10.9. The number of amides is 3. The maximum Gasteiger partial charge on any atom is 0.265 e. The molecular formula is C26H23N3O4. The van der Waals surface area contributed by atoms with E-state index in [2.05, 4.69) is 10.6 Å². The summed E-state index contributed by atoms with van der Waals surface area (Å²) in [6, 6.07) is 21.6. The average Bonchev–Trinajstić information content (AvgIpc) is 3.46. The van der Waals surface area contributed by atoms with Gasteiger partial charge in [0.25, 0.3) is 11.8 Å². The van der Waals surface area contributed by atoms with Crippen molar-refractivity contribution in [2.75, 3.05) is 22.1 Å². The lowest BCUT2D eigenvalue weighted by Gasteiger charge is -2.16. The number of benzene rings is 3. The van der Waals surface area contributed by atoms with Crippen LogP contribution in [0.3, 0.4) is 0 Å². The summed E-state index contributed by atoms with van der Waals surface area (Å²) in [6.07, 6.45) is 1.36. The number of hydrogen-bond acceptors (Lipinski definition) is 4. The average molecular weight is 441 g/mol. The van der Waals surface area contributed by atoms with Crippen LogP contribution in [0, 0.1) is 0 Å². The number of anilines is 3. The fourth-order valence-electron chi connectivity index (χ4n) is 4.14. The minimum atomic E-state index is -0.596. The molecule has 1 fully saturated rings. The largest absolute Gasteiger partial charge is 0.480 e. The van der Waals surface area contributed by atoms with E-state index < -0.39 is 6.10 Å². The molecule has 0 aromatic heterocycles. The lowest BCUT2D eigenvalue weighted by atomic mass is 10.1. The molecule has 2 aliphatic heterocycles. The van der Waals surface area contributed by atoms with Crippen LogP contribution < -0.4 is 20.3 Å². The van der Waals surface area contributed by atoms with Crippen molar-refractivity contribution in [3.8, 4) is 5.75 Å². The minimum Gasteiger partial charge on any atom is -0.480 e. The molecule has 7 nitrogen and oxygen atoms in total. The summed E-state index contributed by atoms with van der Waals surface area (Å²) in [4.78, 5) is 39.0. The van der Waals surface area contributed by atoms with E-state index in [1.54, 1.807) is 41.3 Å². The number of nitrogens with zero attached hydrogens (tertiary/aromatic N) is 1. The molecule has 5 rings (SSSR count). The van der Waals surface area contributed by atoms with Crippen molar-refractivity contribution < 1.29 is 19.1 Å². The summed E-state index contributed by atoms with van der Waals surface area (Å²) in [5.41, 5.74) is 3.40. The summed E-state index contributed by atoms with van der Waals surface area (Å²) >= 11 is 0. The molecule has 0 aliphatic carbocycles. The Morgan fingerprint density at radius 2 is 1.73 bits per heavy atom. The summed E-state index contributed by atoms with van der Waals surface area (Å²) in [6.45, 7) is 0.723. The number of carbonyl (C=O) groups is 3. The molecule has 3 amide bonds. The Balaban J connectivity index is 1.21. The number of hydrogen-bond donors (Lipinski definition) is 2. The molecule has 3 aromatic rings. The van der Waals surface area contributed by atoms with Crippen LogP contribution in [0.5, 0.6) is 5.75 Å². The van der Waals surface area contributed by atoms with Crippen LogP contribution in [0.15, 0.2) is 72.8 Å². The highest BCUT2D eigenvalue weighted by molar-refractivity contribution is 6.05. The highest BCUT2D eigenvalue weighted by Gasteiger charge is 2.29. The van der Waals surface area contributed by atoms with Crippen LogP contribution in [0.25, 0.3) is 0 Å². The second kappa shape index (κ2) is 8.78. The van der Waals surface area contributed by atoms with Gasteiger partial charge in [-0.15, -0.1) is 0 Å². The zero-order valence-corrected chi connectivity index (χ0v) is 17.9. The molecule has 0 saturated carbocycles. The third-order valence-corrected chi connectivity index (χ3v) is 5.84. The lowest BCUT2D eigenvalue weighted by molar-refractivity contribution is -0.122. The molecule has 1 saturated heterocycles. The van der Waals surface area contributed by atoms with Crippen LogP contribution in [0.4, 0.5) is 17.1 Å². The number of ether oxygens (including phenoxy) is 1. The molecule has 3 aromatic carbocycles. The Hall–Kier alpha value is -4.13. The number of nitrogens with one attached hydrogen (secondary N) is 2. The van der Waals surface area contributed by atoms with Gasteiger partial charge in [-0.25, -0.2) is 0 Å². The number of carbonyl (C=O) groups excluding carboxylic acids is 3. The molecule has 0 bridgehead atoms. The molecule has 1 unspecified atom stereocenters. The third-order valence-electron chi connectivity index (χ3n) is 5.84. The molecule has 7 heteroatoms. The van der Waals surface area contributed by atoms with Gasteiger partial charge in [-0.2, -0.15) is 0 Å². The molecule has 1 atom stereocenters. The normalized spacial score (nSPS) is 16.8. The molecule has 2 heterocycles. The molecule has 2 aliphatic rings. The van der Waals surface area contributed by atoms with Gasteiger partial charge in [-0.05, 0) is 60.5 Å². The molecule has 0 radical (unpaired) electrons. The third kappa shape index (κ3) is 4.43. The van der Waals surface area contributed by atoms with Gasteiger partial charge < -0.3 is 20.3 Å². The van der Waals surface area contributed by atoms with Crippen molar-refractivity contribution in [1.82, 2.24) is 0 Å². The molecular weight excluding hydrogens is 418 g/mol. The Morgan fingerprint density at radius 3 is 2.48 bits per heavy atom. The molecule has 2 N–H and O–H groups in total. The van der Waals surface area contributed by atoms with E-state index >= 15 is 0 Å². The smallest absolute Gasteiger partial charge is 0.265 e. The van der Waals surface area contributed by atoms with E-state index in [1.807, 2.05) is 36.4 Å². The first-order chi connectivity index (χ1) is 16.1. The van der Waals surface area contributed by atoms with Crippen molar-refractivity contribution in [3.05, 3.63) is 83.9 Å².